The molecule has 4 heteroatoms. The van der Waals surface area contributed by atoms with Gasteiger partial charge >= 0.3 is 0 Å². The van der Waals surface area contributed by atoms with Gasteiger partial charge in [0.15, 0.2) is 0 Å². The highest BCUT2D eigenvalue weighted by Crippen LogP contribution is 2.05. The lowest BCUT2D eigenvalue weighted by Crippen LogP contribution is -2.36. The third-order valence-electron chi connectivity index (χ3n) is 2.90. The number of carbonyl (C=O) groups is 1. The molecule has 1 amide bonds. The Balaban J connectivity index is 3.86. The van der Waals surface area contributed by atoms with E-state index >= 15 is 0 Å². The zero-order valence-corrected chi connectivity index (χ0v) is 12.0. The molecular weight excluding hydrogens is 230 g/mol. The summed E-state index contributed by atoms with van der Waals surface area (Å²) in [6.07, 6.45) is 6.60. The summed E-state index contributed by atoms with van der Waals surface area (Å²) < 4.78 is 5.15. The summed E-state index contributed by atoms with van der Waals surface area (Å²) >= 11 is 0. The summed E-state index contributed by atoms with van der Waals surface area (Å²) in [6.45, 7) is 6.36. The zero-order valence-electron chi connectivity index (χ0n) is 12.0. The minimum Gasteiger partial charge on any atom is -0.396 e. The molecule has 0 saturated heterocycles. The summed E-state index contributed by atoms with van der Waals surface area (Å²) in [4.78, 5) is 13.7. The van der Waals surface area contributed by atoms with Crippen molar-refractivity contribution in [3.05, 3.63) is 0 Å². The standard InChI is InChI=1S/C14H29NO3/c1-3-5-6-7-8-10-15(11-9-12-16)14(17)13-18-4-2/h16H,3-13H2,1-2H3. The van der Waals surface area contributed by atoms with Crippen molar-refractivity contribution in [1.29, 1.82) is 0 Å². The number of hydrogen-bond donors (Lipinski definition) is 1. The van der Waals surface area contributed by atoms with Gasteiger partial charge in [0.2, 0.25) is 5.91 Å². The summed E-state index contributed by atoms with van der Waals surface area (Å²) in [5.74, 6) is 0.0424. The maximum atomic E-state index is 11.8. The summed E-state index contributed by atoms with van der Waals surface area (Å²) in [5.41, 5.74) is 0. The quantitative estimate of drug-likeness (QED) is 0.547. The Morgan fingerprint density at radius 3 is 2.33 bits per heavy atom. The summed E-state index contributed by atoms with van der Waals surface area (Å²) in [6, 6.07) is 0. The number of hydrogen-bond acceptors (Lipinski definition) is 3. The number of unbranched alkanes of at least 4 members (excludes halogenated alkanes) is 4. The van der Waals surface area contributed by atoms with Crippen LogP contribution in [0, 0.1) is 0 Å². The van der Waals surface area contributed by atoms with Gasteiger partial charge in [0.25, 0.3) is 0 Å². The molecule has 0 aliphatic carbocycles. The molecule has 18 heavy (non-hydrogen) atoms. The first-order valence-corrected chi connectivity index (χ1v) is 7.22. The number of rotatable bonds is 12. The number of nitrogens with zero attached hydrogens (tertiary/aromatic N) is 1. The molecule has 0 saturated carbocycles. The van der Waals surface area contributed by atoms with E-state index in [1.807, 2.05) is 11.8 Å². The van der Waals surface area contributed by atoms with Crippen LogP contribution in [-0.2, 0) is 9.53 Å². The van der Waals surface area contributed by atoms with Crippen LogP contribution in [0.5, 0.6) is 0 Å². The van der Waals surface area contributed by atoms with Crippen LogP contribution in [-0.4, -0.2) is 48.8 Å². The van der Waals surface area contributed by atoms with Gasteiger partial charge in [-0.1, -0.05) is 32.6 Å². The number of amides is 1. The van der Waals surface area contributed by atoms with E-state index in [1.54, 1.807) is 0 Å². The monoisotopic (exact) mass is 259 g/mol. The Morgan fingerprint density at radius 2 is 1.72 bits per heavy atom. The molecule has 0 aliphatic rings. The first-order valence-electron chi connectivity index (χ1n) is 7.22. The molecule has 0 unspecified atom stereocenters. The van der Waals surface area contributed by atoms with E-state index in [0.29, 0.717) is 19.6 Å². The van der Waals surface area contributed by atoms with Crippen LogP contribution in [0.25, 0.3) is 0 Å². The molecule has 0 spiro atoms. The molecule has 108 valence electrons. The Hall–Kier alpha value is -0.610. The fraction of sp³-hybridized carbons (Fsp3) is 0.929. The Kier molecular flexibility index (Phi) is 12.4. The normalized spacial score (nSPS) is 10.6. The molecule has 0 aromatic carbocycles. The highest BCUT2D eigenvalue weighted by Gasteiger charge is 2.12. The van der Waals surface area contributed by atoms with E-state index in [-0.39, 0.29) is 19.1 Å². The van der Waals surface area contributed by atoms with Crippen molar-refractivity contribution in [2.75, 3.05) is 32.9 Å². The first kappa shape index (κ1) is 17.4. The third-order valence-corrected chi connectivity index (χ3v) is 2.90. The molecule has 0 fully saturated rings. The lowest BCUT2D eigenvalue weighted by molar-refractivity contribution is -0.136. The maximum Gasteiger partial charge on any atom is 0.248 e. The number of aliphatic hydroxyl groups is 1. The van der Waals surface area contributed by atoms with Crippen molar-refractivity contribution in [2.45, 2.75) is 52.4 Å². The number of aliphatic hydroxyl groups excluding tert-OH is 1. The molecule has 0 aromatic heterocycles. The minimum absolute atomic E-state index is 0.0424. The topological polar surface area (TPSA) is 49.8 Å². The van der Waals surface area contributed by atoms with Crippen molar-refractivity contribution in [1.82, 2.24) is 4.90 Å². The van der Waals surface area contributed by atoms with Gasteiger partial charge in [0.05, 0.1) is 0 Å². The van der Waals surface area contributed by atoms with Crippen molar-refractivity contribution in [3.8, 4) is 0 Å². The molecule has 1 N–H and O–H groups in total. The molecule has 0 rings (SSSR count). The fourth-order valence-electron chi connectivity index (χ4n) is 1.81. The van der Waals surface area contributed by atoms with Crippen LogP contribution >= 0.6 is 0 Å². The highest BCUT2D eigenvalue weighted by molar-refractivity contribution is 5.77. The van der Waals surface area contributed by atoms with Gasteiger partial charge in [0, 0.05) is 26.3 Å². The van der Waals surface area contributed by atoms with Crippen molar-refractivity contribution in [2.24, 2.45) is 0 Å². The van der Waals surface area contributed by atoms with Gasteiger partial charge in [-0.3, -0.25) is 4.79 Å². The lowest BCUT2D eigenvalue weighted by atomic mass is 10.1. The predicted molar refractivity (Wildman–Crippen MR) is 73.5 cm³/mol. The largest absolute Gasteiger partial charge is 0.396 e. The molecule has 0 radical (unpaired) electrons. The minimum atomic E-state index is 0.0424. The maximum absolute atomic E-state index is 11.8. The second kappa shape index (κ2) is 12.8. The van der Waals surface area contributed by atoms with Crippen LogP contribution in [0.2, 0.25) is 0 Å². The van der Waals surface area contributed by atoms with Gasteiger partial charge in [0.1, 0.15) is 6.61 Å². The van der Waals surface area contributed by atoms with Crippen LogP contribution in [0.15, 0.2) is 0 Å². The molecule has 0 bridgehead atoms. The lowest BCUT2D eigenvalue weighted by Gasteiger charge is -2.22. The Morgan fingerprint density at radius 1 is 1.06 bits per heavy atom. The Bertz CT molecular complexity index is 197. The summed E-state index contributed by atoms with van der Waals surface area (Å²) in [7, 11) is 0. The van der Waals surface area contributed by atoms with E-state index in [4.69, 9.17) is 9.84 Å². The first-order chi connectivity index (χ1) is 8.76. The smallest absolute Gasteiger partial charge is 0.248 e. The van der Waals surface area contributed by atoms with Gasteiger partial charge in [-0.25, -0.2) is 0 Å². The zero-order chi connectivity index (χ0) is 13.6. The third kappa shape index (κ3) is 9.42. The molecule has 0 aromatic rings. The SMILES string of the molecule is CCCCCCCN(CCCO)C(=O)COCC. The van der Waals surface area contributed by atoms with Gasteiger partial charge in [-0.15, -0.1) is 0 Å². The second-order valence-electron chi connectivity index (χ2n) is 4.51. The second-order valence-corrected chi connectivity index (χ2v) is 4.51. The Labute approximate surface area is 111 Å². The number of ether oxygens (including phenoxy) is 1. The van der Waals surface area contributed by atoms with Crippen LogP contribution in [0.3, 0.4) is 0 Å². The average Bonchev–Trinajstić information content (AvgIpc) is 2.39. The average molecular weight is 259 g/mol. The van der Waals surface area contributed by atoms with Gasteiger partial charge in [-0.2, -0.15) is 0 Å². The van der Waals surface area contributed by atoms with Crippen LogP contribution in [0.1, 0.15) is 52.4 Å². The van der Waals surface area contributed by atoms with Gasteiger partial charge in [-0.05, 0) is 19.8 Å². The molecular formula is C14H29NO3. The highest BCUT2D eigenvalue weighted by atomic mass is 16.5. The van der Waals surface area contributed by atoms with Crippen molar-refractivity contribution < 1.29 is 14.6 Å². The van der Waals surface area contributed by atoms with Crippen LogP contribution in [0.4, 0.5) is 0 Å². The van der Waals surface area contributed by atoms with E-state index < -0.39 is 0 Å². The molecule has 0 atom stereocenters. The van der Waals surface area contributed by atoms with E-state index in [9.17, 15) is 4.79 Å². The van der Waals surface area contributed by atoms with Crippen LogP contribution < -0.4 is 0 Å². The summed E-state index contributed by atoms with van der Waals surface area (Å²) in [5, 5.41) is 8.85. The van der Waals surface area contributed by atoms with E-state index in [0.717, 1.165) is 13.0 Å². The number of carbonyl (C=O) groups excluding carboxylic acids is 1. The van der Waals surface area contributed by atoms with Crippen molar-refractivity contribution >= 4 is 5.91 Å². The van der Waals surface area contributed by atoms with Crippen molar-refractivity contribution in [3.63, 3.8) is 0 Å². The fourth-order valence-corrected chi connectivity index (χ4v) is 1.81. The van der Waals surface area contributed by atoms with Gasteiger partial charge < -0.3 is 14.7 Å². The van der Waals surface area contributed by atoms with E-state index in [1.165, 1.54) is 25.7 Å². The molecule has 0 aliphatic heterocycles. The molecule has 0 heterocycles. The predicted octanol–water partition coefficient (Wildman–Crippen LogP) is 2.20. The molecule has 4 nitrogen and oxygen atoms in total. The van der Waals surface area contributed by atoms with E-state index in [2.05, 4.69) is 6.92 Å².